The number of thioether (sulfide) groups is 1. The summed E-state index contributed by atoms with van der Waals surface area (Å²) in [6.45, 7) is 5.36. The van der Waals surface area contributed by atoms with Crippen molar-refractivity contribution in [1.29, 1.82) is 0 Å². The molecule has 0 aliphatic heterocycles. The van der Waals surface area contributed by atoms with E-state index in [2.05, 4.69) is 43.6 Å². The molecule has 1 atom stereocenters. The van der Waals surface area contributed by atoms with E-state index >= 15 is 0 Å². The molecule has 0 aromatic heterocycles. The molecule has 0 fully saturated rings. The highest BCUT2D eigenvalue weighted by atomic mass is 32.2. The molecule has 0 aliphatic rings. The van der Waals surface area contributed by atoms with Crippen LogP contribution in [0.1, 0.15) is 30.5 Å². The maximum atomic E-state index is 5.46. The average molecular weight is 253 g/mol. The number of aryl methyl sites for hydroxylation is 1. The van der Waals surface area contributed by atoms with Crippen molar-refractivity contribution in [3.8, 4) is 5.75 Å². The van der Waals surface area contributed by atoms with Crippen molar-refractivity contribution in [2.45, 2.75) is 26.3 Å². The van der Waals surface area contributed by atoms with Crippen molar-refractivity contribution in [2.75, 3.05) is 25.7 Å². The summed E-state index contributed by atoms with van der Waals surface area (Å²) in [5, 5.41) is 3.59. The second kappa shape index (κ2) is 7.62. The first-order chi connectivity index (χ1) is 8.22. The van der Waals surface area contributed by atoms with Crippen LogP contribution < -0.4 is 10.1 Å². The number of ether oxygens (including phenoxy) is 1. The van der Waals surface area contributed by atoms with E-state index in [1.54, 1.807) is 7.11 Å². The summed E-state index contributed by atoms with van der Waals surface area (Å²) in [6.07, 6.45) is 3.29. The average Bonchev–Trinajstić information content (AvgIpc) is 2.34. The number of nitrogens with one attached hydrogen (secondary N) is 1. The molecule has 2 nitrogen and oxygen atoms in total. The van der Waals surface area contributed by atoms with Crippen LogP contribution in [0, 0.1) is 6.92 Å². The van der Waals surface area contributed by atoms with Crippen LogP contribution in [-0.2, 0) is 0 Å². The lowest BCUT2D eigenvalue weighted by atomic mass is 10.0. The molecule has 96 valence electrons. The van der Waals surface area contributed by atoms with E-state index in [1.165, 1.54) is 11.1 Å². The second-order valence-electron chi connectivity index (χ2n) is 4.21. The normalized spacial score (nSPS) is 12.5. The van der Waals surface area contributed by atoms with E-state index in [0.29, 0.717) is 6.04 Å². The smallest absolute Gasteiger partial charge is 0.123 e. The van der Waals surface area contributed by atoms with Gasteiger partial charge < -0.3 is 10.1 Å². The van der Waals surface area contributed by atoms with Crippen LogP contribution in [0.4, 0.5) is 0 Å². The highest BCUT2D eigenvalue weighted by molar-refractivity contribution is 7.98. The Labute approximate surface area is 109 Å². The molecule has 0 saturated carbocycles. The third-order valence-corrected chi connectivity index (χ3v) is 3.40. The maximum absolute atomic E-state index is 5.46. The lowest BCUT2D eigenvalue weighted by Crippen LogP contribution is -2.24. The first-order valence-corrected chi connectivity index (χ1v) is 7.49. The van der Waals surface area contributed by atoms with Crippen molar-refractivity contribution >= 4 is 11.8 Å². The Morgan fingerprint density at radius 2 is 2.18 bits per heavy atom. The van der Waals surface area contributed by atoms with E-state index in [4.69, 9.17) is 4.74 Å². The molecule has 1 aromatic carbocycles. The van der Waals surface area contributed by atoms with Gasteiger partial charge in [0.1, 0.15) is 5.75 Å². The van der Waals surface area contributed by atoms with Crippen molar-refractivity contribution < 1.29 is 4.74 Å². The molecule has 0 amide bonds. The number of hydrogen-bond acceptors (Lipinski definition) is 3. The van der Waals surface area contributed by atoms with Gasteiger partial charge >= 0.3 is 0 Å². The van der Waals surface area contributed by atoms with Gasteiger partial charge in [-0.25, -0.2) is 0 Å². The number of benzene rings is 1. The molecular weight excluding hydrogens is 230 g/mol. The monoisotopic (exact) mass is 253 g/mol. The van der Waals surface area contributed by atoms with Crippen LogP contribution >= 0.6 is 11.8 Å². The van der Waals surface area contributed by atoms with Crippen LogP contribution in [0.15, 0.2) is 18.2 Å². The summed E-state index contributed by atoms with van der Waals surface area (Å²) < 4.78 is 5.46. The van der Waals surface area contributed by atoms with E-state index < -0.39 is 0 Å². The zero-order chi connectivity index (χ0) is 12.7. The van der Waals surface area contributed by atoms with Crippen LogP contribution in [0.5, 0.6) is 5.75 Å². The van der Waals surface area contributed by atoms with Crippen molar-refractivity contribution in [3.63, 3.8) is 0 Å². The summed E-state index contributed by atoms with van der Waals surface area (Å²) in [7, 11) is 1.74. The van der Waals surface area contributed by atoms with Gasteiger partial charge in [0.15, 0.2) is 0 Å². The summed E-state index contributed by atoms with van der Waals surface area (Å²) in [4.78, 5) is 0. The van der Waals surface area contributed by atoms with Gasteiger partial charge in [0.2, 0.25) is 0 Å². The summed E-state index contributed by atoms with van der Waals surface area (Å²) >= 11 is 1.86. The standard InChI is InChI=1S/C14H23NOS/c1-5-8-15-13(10-17-4)12-9-11(2)6-7-14(12)16-3/h6-7,9,13,15H,5,8,10H2,1-4H3. The quantitative estimate of drug-likeness (QED) is 0.804. The SMILES string of the molecule is CCCNC(CSC)c1cc(C)ccc1OC. The Kier molecular flexibility index (Phi) is 6.45. The van der Waals surface area contributed by atoms with Crippen LogP contribution in [0.3, 0.4) is 0 Å². The van der Waals surface area contributed by atoms with E-state index in [0.717, 1.165) is 24.5 Å². The molecule has 1 N–H and O–H groups in total. The molecule has 0 bridgehead atoms. The zero-order valence-corrected chi connectivity index (χ0v) is 12.1. The molecule has 0 spiro atoms. The number of methoxy groups -OCH3 is 1. The summed E-state index contributed by atoms with van der Waals surface area (Å²) in [5.74, 6) is 2.05. The molecule has 1 rings (SSSR count). The van der Waals surface area contributed by atoms with Gasteiger partial charge in [-0.3, -0.25) is 0 Å². The second-order valence-corrected chi connectivity index (χ2v) is 5.12. The third-order valence-electron chi connectivity index (χ3n) is 2.73. The number of rotatable bonds is 7. The fourth-order valence-corrected chi connectivity index (χ4v) is 2.50. The Morgan fingerprint density at radius 1 is 1.41 bits per heavy atom. The minimum atomic E-state index is 0.375. The lowest BCUT2D eigenvalue weighted by Gasteiger charge is -2.21. The molecule has 17 heavy (non-hydrogen) atoms. The Morgan fingerprint density at radius 3 is 2.76 bits per heavy atom. The van der Waals surface area contributed by atoms with Crippen molar-refractivity contribution in [3.05, 3.63) is 29.3 Å². The molecular formula is C14H23NOS. The van der Waals surface area contributed by atoms with Gasteiger partial charge in [-0.05, 0) is 32.2 Å². The van der Waals surface area contributed by atoms with Crippen molar-refractivity contribution in [2.24, 2.45) is 0 Å². The Balaban J connectivity index is 2.93. The van der Waals surface area contributed by atoms with E-state index in [-0.39, 0.29) is 0 Å². The van der Waals surface area contributed by atoms with Crippen LogP contribution in [-0.4, -0.2) is 25.7 Å². The number of hydrogen-bond donors (Lipinski definition) is 1. The van der Waals surface area contributed by atoms with E-state index in [1.807, 2.05) is 11.8 Å². The molecule has 0 radical (unpaired) electrons. The first-order valence-electron chi connectivity index (χ1n) is 6.09. The maximum Gasteiger partial charge on any atom is 0.123 e. The van der Waals surface area contributed by atoms with Gasteiger partial charge in [0.05, 0.1) is 7.11 Å². The third kappa shape index (κ3) is 4.25. The molecule has 0 saturated heterocycles. The summed E-state index contributed by atoms with van der Waals surface area (Å²) in [5.41, 5.74) is 2.56. The largest absolute Gasteiger partial charge is 0.496 e. The molecule has 0 heterocycles. The molecule has 1 aromatic rings. The zero-order valence-electron chi connectivity index (χ0n) is 11.2. The Bertz CT molecular complexity index is 341. The van der Waals surface area contributed by atoms with E-state index in [9.17, 15) is 0 Å². The predicted octanol–water partition coefficient (Wildman–Crippen LogP) is 3.41. The molecule has 3 heteroatoms. The highest BCUT2D eigenvalue weighted by Crippen LogP contribution is 2.28. The highest BCUT2D eigenvalue weighted by Gasteiger charge is 2.14. The summed E-state index contributed by atoms with van der Waals surface area (Å²) in [6, 6.07) is 6.76. The van der Waals surface area contributed by atoms with Crippen LogP contribution in [0.2, 0.25) is 0 Å². The van der Waals surface area contributed by atoms with Gasteiger partial charge in [-0.15, -0.1) is 0 Å². The fraction of sp³-hybridized carbons (Fsp3) is 0.571. The molecule has 1 unspecified atom stereocenters. The van der Waals surface area contributed by atoms with Gasteiger partial charge in [-0.2, -0.15) is 11.8 Å². The predicted molar refractivity (Wildman–Crippen MR) is 77.1 cm³/mol. The van der Waals surface area contributed by atoms with Crippen molar-refractivity contribution in [1.82, 2.24) is 5.32 Å². The topological polar surface area (TPSA) is 21.3 Å². The lowest BCUT2D eigenvalue weighted by molar-refractivity contribution is 0.402. The Hall–Kier alpha value is -0.670. The van der Waals surface area contributed by atoms with Crippen LogP contribution in [0.25, 0.3) is 0 Å². The van der Waals surface area contributed by atoms with Gasteiger partial charge in [-0.1, -0.05) is 24.6 Å². The van der Waals surface area contributed by atoms with Gasteiger partial charge in [0.25, 0.3) is 0 Å². The van der Waals surface area contributed by atoms with Gasteiger partial charge in [0, 0.05) is 17.4 Å². The minimum Gasteiger partial charge on any atom is -0.496 e. The minimum absolute atomic E-state index is 0.375. The fourth-order valence-electron chi connectivity index (χ4n) is 1.87. The first kappa shape index (κ1) is 14.4. The molecule has 0 aliphatic carbocycles.